The fraction of sp³-hybridized carbons (Fsp3) is 0.622. The molecule has 3 amide bonds. The molecule has 0 aromatic heterocycles. The third-order valence-electron chi connectivity index (χ3n) is 10.6. The second-order valence-corrected chi connectivity index (χ2v) is 15.7. The predicted molar refractivity (Wildman–Crippen MR) is 183 cm³/mol. The number of likely N-dealkylation sites (N-methyl/N-ethyl adjacent to an activating group) is 1. The number of rotatable bonds is 11. The van der Waals surface area contributed by atoms with E-state index < -0.39 is 9.84 Å². The lowest BCUT2D eigenvalue weighted by Gasteiger charge is -2.44. The molecule has 0 radical (unpaired) electrons. The number of piperidine rings is 2. The summed E-state index contributed by atoms with van der Waals surface area (Å²) in [4.78, 5) is 33.6. The van der Waals surface area contributed by atoms with Gasteiger partial charge in [0.25, 0.3) is 0 Å². The third kappa shape index (κ3) is 9.12. The Morgan fingerprint density at radius 2 is 1.54 bits per heavy atom. The van der Waals surface area contributed by atoms with Crippen LogP contribution in [-0.2, 0) is 21.1 Å². The first kappa shape index (κ1) is 34.4. The average Bonchev–Trinajstić information content (AvgIpc) is 3.07. The van der Waals surface area contributed by atoms with Crippen LogP contribution in [0.5, 0.6) is 0 Å². The molecular formula is C37H54N4O4S. The topological polar surface area (TPSA) is 90.0 Å². The Kier molecular flexibility index (Phi) is 12.2. The first-order chi connectivity index (χ1) is 22.2. The molecule has 1 aliphatic carbocycles. The first-order valence-electron chi connectivity index (χ1n) is 17.7. The maximum absolute atomic E-state index is 13.6. The number of carbonyl (C=O) groups is 2. The van der Waals surface area contributed by atoms with E-state index in [0.29, 0.717) is 24.4 Å². The van der Waals surface area contributed by atoms with Crippen molar-refractivity contribution in [3.8, 4) is 0 Å². The molecule has 1 saturated carbocycles. The number of sulfone groups is 1. The standard InChI is InChI=1S/C37H54N4O4S/c1-3-41(36(42)28-29-17-19-33(20-18-29)46(2,44)45)35-16-10-11-24-39(35)27-23-34(30-12-6-4-7-13-30)31-21-25-40(26-22-31)37(43)38-32-14-8-5-9-15-32/h4,6-7,12-13,17-20,31-32,34-35H,3,5,8-11,14-16,21-28H2,1-2H3,(H,38,43). The lowest BCUT2D eigenvalue weighted by molar-refractivity contribution is -0.138. The van der Waals surface area contributed by atoms with E-state index in [1.807, 2.05) is 9.80 Å². The molecule has 2 aromatic rings. The maximum atomic E-state index is 13.6. The van der Waals surface area contributed by atoms with Crippen molar-refractivity contribution in [2.75, 3.05) is 39.0 Å². The molecule has 2 heterocycles. The third-order valence-corrected chi connectivity index (χ3v) is 11.7. The van der Waals surface area contributed by atoms with Crippen LogP contribution >= 0.6 is 0 Å². The predicted octanol–water partition coefficient (Wildman–Crippen LogP) is 6.22. The van der Waals surface area contributed by atoms with Gasteiger partial charge in [0.1, 0.15) is 0 Å². The summed E-state index contributed by atoms with van der Waals surface area (Å²) in [5.74, 6) is 1.01. The number of likely N-dealkylation sites (tertiary alicyclic amines) is 2. The minimum atomic E-state index is -3.27. The van der Waals surface area contributed by atoms with Crippen molar-refractivity contribution in [3.05, 3.63) is 65.7 Å². The van der Waals surface area contributed by atoms with Gasteiger partial charge < -0.3 is 15.1 Å². The lowest BCUT2D eigenvalue weighted by Crippen LogP contribution is -2.54. The number of hydrogen-bond acceptors (Lipinski definition) is 5. The smallest absolute Gasteiger partial charge is 0.317 e. The summed E-state index contributed by atoms with van der Waals surface area (Å²) < 4.78 is 23.7. The highest BCUT2D eigenvalue weighted by atomic mass is 32.2. The number of nitrogens with one attached hydrogen (secondary N) is 1. The Labute approximate surface area is 276 Å². The molecular weight excluding hydrogens is 596 g/mol. The van der Waals surface area contributed by atoms with Crippen molar-refractivity contribution in [2.24, 2.45) is 5.92 Å². The number of nitrogens with zero attached hydrogens (tertiary/aromatic N) is 3. The molecule has 0 bridgehead atoms. The van der Waals surface area contributed by atoms with E-state index >= 15 is 0 Å². The molecule has 2 aromatic carbocycles. The van der Waals surface area contributed by atoms with E-state index in [9.17, 15) is 18.0 Å². The van der Waals surface area contributed by atoms with Crippen LogP contribution in [0.25, 0.3) is 0 Å². The molecule has 252 valence electrons. The van der Waals surface area contributed by atoms with Gasteiger partial charge in [-0.25, -0.2) is 13.2 Å². The van der Waals surface area contributed by atoms with Gasteiger partial charge in [0.2, 0.25) is 5.91 Å². The first-order valence-corrected chi connectivity index (χ1v) is 19.5. The highest BCUT2D eigenvalue weighted by Crippen LogP contribution is 2.36. The number of carbonyl (C=O) groups excluding carboxylic acids is 2. The summed E-state index contributed by atoms with van der Waals surface area (Å²) in [6, 6.07) is 18.0. The van der Waals surface area contributed by atoms with E-state index in [2.05, 4.69) is 47.5 Å². The fourth-order valence-electron chi connectivity index (χ4n) is 7.97. The van der Waals surface area contributed by atoms with Gasteiger partial charge in [-0.15, -0.1) is 0 Å². The molecule has 2 atom stereocenters. The molecule has 8 nitrogen and oxygen atoms in total. The van der Waals surface area contributed by atoms with Gasteiger partial charge in [-0.05, 0) is 93.4 Å². The normalized spacial score (nSPS) is 21.1. The minimum Gasteiger partial charge on any atom is -0.335 e. The van der Waals surface area contributed by atoms with Crippen molar-refractivity contribution in [2.45, 2.75) is 107 Å². The van der Waals surface area contributed by atoms with E-state index in [0.717, 1.165) is 83.1 Å². The zero-order valence-electron chi connectivity index (χ0n) is 27.9. The Balaban J connectivity index is 1.21. The van der Waals surface area contributed by atoms with Gasteiger partial charge in [0, 0.05) is 45.0 Å². The van der Waals surface area contributed by atoms with Crippen molar-refractivity contribution < 1.29 is 18.0 Å². The van der Waals surface area contributed by atoms with Crippen molar-refractivity contribution in [3.63, 3.8) is 0 Å². The highest BCUT2D eigenvalue weighted by Gasteiger charge is 2.34. The Hall–Kier alpha value is -2.91. The van der Waals surface area contributed by atoms with E-state index in [4.69, 9.17) is 0 Å². The minimum absolute atomic E-state index is 0.0725. The lowest BCUT2D eigenvalue weighted by atomic mass is 9.78. The van der Waals surface area contributed by atoms with Gasteiger partial charge in [0.15, 0.2) is 9.84 Å². The van der Waals surface area contributed by atoms with Gasteiger partial charge >= 0.3 is 6.03 Å². The maximum Gasteiger partial charge on any atom is 0.317 e. The van der Waals surface area contributed by atoms with Crippen LogP contribution in [0.2, 0.25) is 0 Å². The van der Waals surface area contributed by atoms with Crippen molar-refractivity contribution >= 4 is 21.8 Å². The van der Waals surface area contributed by atoms with Crippen LogP contribution in [0.4, 0.5) is 4.79 Å². The number of benzene rings is 2. The molecule has 3 aliphatic rings. The van der Waals surface area contributed by atoms with Crippen LogP contribution in [0.1, 0.15) is 94.6 Å². The van der Waals surface area contributed by atoms with Gasteiger partial charge in [-0.3, -0.25) is 9.69 Å². The summed E-state index contributed by atoms with van der Waals surface area (Å²) in [6.07, 6.45) is 13.7. The number of urea groups is 1. The molecule has 1 N–H and O–H groups in total. The van der Waals surface area contributed by atoms with E-state index in [1.54, 1.807) is 24.3 Å². The second kappa shape index (κ2) is 16.3. The van der Waals surface area contributed by atoms with Crippen LogP contribution in [0.3, 0.4) is 0 Å². The summed E-state index contributed by atoms with van der Waals surface area (Å²) in [5.41, 5.74) is 2.21. The molecule has 2 aliphatic heterocycles. The molecule has 3 fully saturated rings. The highest BCUT2D eigenvalue weighted by molar-refractivity contribution is 7.90. The van der Waals surface area contributed by atoms with E-state index in [-0.39, 0.29) is 29.4 Å². The van der Waals surface area contributed by atoms with Gasteiger partial charge in [0.05, 0.1) is 17.5 Å². The van der Waals surface area contributed by atoms with Crippen LogP contribution in [0.15, 0.2) is 59.5 Å². The molecule has 9 heteroatoms. The zero-order valence-corrected chi connectivity index (χ0v) is 28.7. The molecule has 0 spiro atoms. The van der Waals surface area contributed by atoms with Gasteiger partial charge in [-0.2, -0.15) is 0 Å². The Morgan fingerprint density at radius 3 is 2.20 bits per heavy atom. The summed E-state index contributed by atoms with van der Waals surface area (Å²) in [6.45, 7) is 6.23. The molecule has 46 heavy (non-hydrogen) atoms. The van der Waals surface area contributed by atoms with E-state index in [1.165, 1.54) is 31.1 Å². The average molecular weight is 651 g/mol. The second-order valence-electron chi connectivity index (χ2n) is 13.7. The molecule has 5 rings (SSSR count). The van der Waals surface area contributed by atoms with Crippen LogP contribution in [0, 0.1) is 5.92 Å². The Bertz CT molecular complexity index is 1370. The van der Waals surface area contributed by atoms with Crippen LogP contribution < -0.4 is 5.32 Å². The number of amides is 3. The summed E-state index contributed by atoms with van der Waals surface area (Å²) in [7, 11) is -3.27. The summed E-state index contributed by atoms with van der Waals surface area (Å²) >= 11 is 0. The molecule has 2 unspecified atom stereocenters. The zero-order chi connectivity index (χ0) is 32.5. The largest absolute Gasteiger partial charge is 0.335 e. The SMILES string of the molecule is CCN(C(=O)Cc1ccc(S(C)(=O)=O)cc1)C1CCCCN1CCC(c1ccccc1)C1CCN(C(=O)NC2CCCCC2)CC1. The molecule has 2 saturated heterocycles. The monoisotopic (exact) mass is 650 g/mol. The van der Waals surface area contributed by atoms with Gasteiger partial charge in [-0.1, -0.05) is 61.7 Å². The van der Waals surface area contributed by atoms with Crippen molar-refractivity contribution in [1.29, 1.82) is 0 Å². The van der Waals surface area contributed by atoms with Crippen LogP contribution in [-0.4, -0.2) is 86.2 Å². The fourth-order valence-corrected chi connectivity index (χ4v) is 8.60. The Morgan fingerprint density at radius 1 is 0.870 bits per heavy atom. The number of hydrogen-bond donors (Lipinski definition) is 1. The van der Waals surface area contributed by atoms with Crippen molar-refractivity contribution in [1.82, 2.24) is 20.0 Å². The summed E-state index contributed by atoms with van der Waals surface area (Å²) in [5, 5.41) is 3.31. The quantitative estimate of drug-likeness (QED) is 0.312.